The molecule has 0 aliphatic carbocycles. The smallest absolute Gasteiger partial charge is 0.148 e. The highest BCUT2D eigenvalue weighted by Crippen LogP contribution is 2.28. The molecule has 0 bridgehead atoms. The fraction of sp³-hybridized carbons (Fsp3) is 0.100. The predicted molar refractivity (Wildman–Crippen MR) is 95.2 cm³/mol. The van der Waals surface area contributed by atoms with Crippen molar-refractivity contribution < 1.29 is 4.74 Å². The summed E-state index contributed by atoms with van der Waals surface area (Å²) in [5, 5.41) is 2.33. The highest BCUT2D eigenvalue weighted by atomic mass is 16.5. The number of rotatable bonds is 6. The molecule has 114 valence electrons. The Kier molecular flexibility index (Phi) is 4.78. The Morgan fingerprint density at radius 2 is 1.70 bits per heavy atom. The van der Waals surface area contributed by atoms with Gasteiger partial charge in [-0.05, 0) is 29.0 Å². The molecule has 2 N–H and O–H groups in total. The molecule has 0 aliphatic rings. The van der Waals surface area contributed by atoms with Crippen molar-refractivity contribution in [2.75, 3.05) is 12.0 Å². The third-order valence-electron chi connectivity index (χ3n) is 3.58. The van der Waals surface area contributed by atoms with Crippen LogP contribution in [0.25, 0.3) is 10.8 Å². The fourth-order valence-corrected chi connectivity index (χ4v) is 2.51. The molecule has 0 aromatic heterocycles. The lowest BCUT2D eigenvalue weighted by Gasteiger charge is -2.15. The number of hydrogen-bond donors (Lipinski definition) is 2. The molecule has 0 saturated carbocycles. The minimum atomic E-state index is 0.261. The molecule has 0 unspecified atom stereocenters. The van der Waals surface area contributed by atoms with E-state index in [2.05, 4.69) is 35.0 Å². The monoisotopic (exact) mass is 302 g/mol. The Bertz CT molecular complexity index is 822. The van der Waals surface area contributed by atoms with Gasteiger partial charge in [0, 0.05) is 17.8 Å². The van der Waals surface area contributed by atoms with Crippen molar-refractivity contribution in [1.29, 1.82) is 0 Å². The van der Waals surface area contributed by atoms with Crippen LogP contribution in [0.15, 0.2) is 66.7 Å². The van der Waals surface area contributed by atoms with Gasteiger partial charge in [0.15, 0.2) is 0 Å². The molecule has 0 amide bonds. The van der Waals surface area contributed by atoms with Gasteiger partial charge in [-0.2, -0.15) is 0 Å². The van der Waals surface area contributed by atoms with Crippen molar-refractivity contribution >= 4 is 16.5 Å². The van der Waals surface area contributed by atoms with Crippen molar-refractivity contribution in [1.82, 2.24) is 5.43 Å². The Morgan fingerprint density at radius 3 is 2.52 bits per heavy atom. The lowest BCUT2D eigenvalue weighted by molar-refractivity contribution is 0.366. The molecule has 0 aliphatic heterocycles. The Balaban J connectivity index is 1.83. The highest BCUT2D eigenvalue weighted by Gasteiger charge is 2.08. The van der Waals surface area contributed by atoms with Gasteiger partial charge < -0.3 is 10.2 Å². The van der Waals surface area contributed by atoms with Gasteiger partial charge in [-0.15, -0.1) is 6.42 Å². The fourth-order valence-electron chi connectivity index (χ4n) is 2.51. The van der Waals surface area contributed by atoms with E-state index in [1.54, 1.807) is 0 Å². The molecule has 0 fully saturated rings. The summed E-state index contributed by atoms with van der Waals surface area (Å²) in [7, 11) is 0. The molecule has 0 atom stereocenters. The second-order valence-electron chi connectivity index (χ2n) is 5.10. The second-order valence-corrected chi connectivity index (χ2v) is 5.10. The molecule has 0 radical (unpaired) electrons. The molecule has 23 heavy (non-hydrogen) atoms. The first-order valence-electron chi connectivity index (χ1n) is 7.49. The predicted octanol–water partition coefficient (Wildman–Crippen LogP) is 3.97. The van der Waals surface area contributed by atoms with E-state index in [1.807, 2.05) is 48.5 Å². The molecule has 3 heteroatoms. The van der Waals surface area contributed by atoms with Gasteiger partial charge in [-0.3, -0.25) is 0 Å². The van der Waals surface area contributed by atoms with E-state index in [1.165, 1.54) is 5.39 Å². The van der Waals surface area contributed by atoms with Gasteiger partial charge in [0.2, 0.25) is 0 Å². The number of fused-ring (bicyclic) bond motifs is 1. The van der Waals surface area contributed by atoms with E-state index in [9.17, 15) is 0 Å². The number of hydrazine groups is 1. The maximum absolute atomic E-state index is 5.69. The molecular formula is C20H18N2O. The quantitative estimate of drug-likeness (QED) is 0.534. The van der Waals surface area contributed by atoms with Crippen LogP contribution in [0.3, 0.4) is 0 Å². The Labute approximate surface area is 136 Å². The molecule has 0 saturated heterocycles. The standard InChI is InChI=1S/C20H18N2O/c1-2-14-23-20-13-12-16-8-6-7-11-18(16)19(20)15-21-22-17-9-4-3-5-10-17/h1,3-13,21-22H,14-15H2. The Morgan fingerprint density at radius 1 is 0.913 bits per heavy atom. The Hall–Kier alpha value is -2.96. The van der Waals surface area contributed by atoms with E-state index in [0.29, 0.717) is 6.54 Å². The number of para-hydroxylation sites is 1. The lowest BCUT2D eigenvalue weighted by atomic mass is 10.0. The summed E-state index contributed by atoms with van der Waals surface area (Å²) in [6, 6.07) is 22.2. The van der Waals surface area contributed by atoms with Gasteiger partial charge in [0.05, 0.1) is 0 Å². The van der Waals surface area contributed by atoms with Crippen molar-refractivity contribution in [3.05, 3.63) is 72.3 Å². The third-order valence-corrected chi connectivity index (χ3v) is 3.58. The second kappa shape index (κ2) is 7.35. The van der Waals surface area contributed by atoms with Crippen LogP contribution in [0.1, 0.15) is 5.56 Å². The van der Waals surface area contributed by atoms with E-state index in [4.69, 9.17) is 11.2 Å². The largest absolute Gasteiger partial charge is 0.481 e. The van der Waals surface area contributed by atoms with Gasteiger partial charge in [0.25, 0.3) is 0 Å². The minimum Gasteiger partial charge on any atom is -0.481 e. The maximum Gasteiger partial charge on any atom is 0.148 e. The first-order chi connectivity index (χ1) is 11.4. The van der Waals surface area contributed by atoms with E-state index in [0.717, 1.165) is 22.4 Å². The normalized spacial score (nSPS) is 10.2. The lowest BCUT2D eigenvalue weighted by Crippen LogP contribution is -2.21. The van der Waals surface area contributed by atoms with Crippen molar-refractivity contribution in [3.8, 4) is 18.1 Å². The number of nitrogens with one attached hydrogen (secondary N) is 2. The highest BCUT2D eigenvalue weighted by molar-refractivity contribution is 5.87. The zero-order valence-corrected chi connectivity index (χ0v) is 12.8. The van der Waals surface area contributed by atoms with Gasteiger partial charge in [0.1, 0.15) is 12.4 Å². The number of terminal acetylenes is 1. The third kappa shape index (κ3) is 3.63. The molecule has 3 nitrogen and oxygen atoms in total. The van der Waals surface area contributed by atoms with Crippen LogP contribution in [0.5, 0.6) is 5.75 Å². The first kappa shape index (κ1) is 15.0. The SMILES string of the molecule is C#CCOc1ccc2ccccc2c1CNNc1ccccc1. The van der Waals surface area contributed by atoms with Crippen LogP contribution < -0.4 is 15.6 Å². The summed E-state index contributed by atoms with van der Waals surface area (Å²) < 4.78 is 5.69. The van der Waals surface area contributed by atoms with E-state index < -0.39 is 0 Å². The summed E-state index contributed by atoms with van der Waals surface area (Å²) in [6.07, 6.45) is 5.31. The first-order valence-corrected chi connectivity index (χ1v) is 7.49. The van der Waals surface area contributed by atoms with Crippen LogP contribution in [-0.4, -0.2) is 6.61 Å². The minimum absolute atomic E-state index is 0.261. The maximum atomic E-state index is 5.69. The summed E-state index contributed by atoms with van der Waals surface area (Å²) >= 11 is 0. The van der Waals surface area contributed by atoms with Crippen LogP contribution in [0.2, 0.25) is 0 Å². The van der Waals surface area contributed by atoms with E-state index >= 15 is 0 Å². The van der Waals surface area contributed by atoms with Gasteiger partial charge in [-0.25, -0.2) is 5.43 Å². The number of anilines is 1. The average Bonchev–Trinajstić information content (AvgIpc) is 2.61. The molecule has 0 spiro atoms. The number of hydrogen-bond acceptors (Lipinski definition) is 3. The summed E-state index contributed by atoms with van der Waals surface area (Å²) in [6.45, 7) is 0.883. The van der Waals surface area contributed by atoms with Gasteiger partial charge >= 0.3 is 0 Å². The van der Waals surface area contributed by atoms with Crippen molar-refractivity contribution in [2.45, 2.75) is 6.54 Å². The summed E-state index contributed by atoms with van der Waals surface area (Å²) in [5.41, 5.74) is 8.54. The average molecular weight is 302 g/mol. The van der Waals surface area contributed by atoms with Crippen LogP contribution >= 0.6 is 0 Å². The van der Waals surface area contributed by atoms with Crippen LogP contribution in [0.4, 0.5) is 5.69 Å². The van der Waals surface area contributed by atoms with Gasteiger partial charge in [-0.1, -0.05) is 54.5 Å². The molecule has 3 rings (SSSR count). The zero-order chi connectivity index (χ0) is 15.9. The molecular weight excluding hydrogens is 284 g/mol. The summed E-state index contributed by atoms with van der Waals surface area (Å²) in [4.78, 5) is 0. The van der Waals surface area contributed by atoms with E-state index in [-0.39, 0.29) is 6.61 Å². The van der Waals surface area contributed by atoms with Crippen molar-refractivity contribution in [2.24, 2.45) is 0 Å². The van der Waals surface area contributed by atoms with Crippen LogP contribution in [0, 0.1) is 12.3 Å². The number of benzene rings is 3. The molecule has 0 heterocycles. The topological polar surface area (TPSA) is 33.3 Å². The number of ether oxygens (including phenoxy) is 1. The van der Waals surface area contributed by atoms with Crippen molar-refractivity contribution in [3.63, 3.8) is 0 Å². The summed E-state index contributed by atoms with van der Waals surface area (Å²) in [5.74, 6) is 3.32. The zero-order valence-electron chi connectivity index (χ0n) is 12.8. The van der Waals surface area contributed by atoms with Crippen LogP contribution in [-0.2, 0) is 6.54 Å². The molecule has 3 aromatic carbocycles. The molecule has 3 aromatic rings.